The number of hydrogen-bond donors (Lipinski definition) is 1. The van der Waals surface area contributed by atoms with Crippen LogP contribution in [0.4, 0.5) is 0 Å². The molecule has 7 heteroatoms. The van der Waals surface area contributed by atoms with Crippen molar-refractivity contribution in [3.8, 4) is 5.75 Å². The minimum absolute atomic E-state index is 0.0660. The van der Waals surface area contributed by atoms with E-state index >= 15 is 0 Å². The lowest BCUT2D eigenvalue weighted by Gasteiger charge is -2.14. The second-order valence-electron chi connectivity index (χ2n) is 6.61. The summed E-state index contributed by atoms with van der Waals surface area (Å²) in [7, 11) is 1.66. The van der Waals surface area contributed by atoms with Gasteiger partial charge in [0.15, 0.2) is 0 Å². The van der Waals surface area contributed by atoms with Gasteiger partial charge in [0.1, 0.15) is 11.4 Å². The quantitative estimate of drug-likeness (QED) is 0.606. The molecule has 1 aliphatic heterocycles. The minimum atomic E-state index is -0.0660. The largest absolute Gasteiger partial charge is 0.497 e. The van der Waals surface area contributed by atoms with E-state index in [2.05, 4.69) is 31.2 Å². The number of fused-ring (bicyclic) bond motifs is 1. The zero-order valence-corrected chi connectivity index (χ0v) is 17.4. The fourth-order valence-corrected chi connectivity index (χ4v) is 5.13. The number of ether oxygens (including phenoxy) is 2. The van der Waals surface area contributed by atoms with Gasteiger partial charge in [0.2, 0.25) is 0 Å². The Morgan fingerprint density at radius 2 is 2.33 bits per heavy atom. The third-order valence-corrected chi connectivity index (χ3v) is 6.63. The molecular formula is C20H21BrN2O3S. The number of thiophene rings is 1. The van der Waals surface area contributed by atoms with E-state index in [4.69, 9.17) is 9.47 Å². The molecule has 1 fully saturated rings. The fraction of sp³-hybridized carbons (Fsp3) is 0.350. The molecule has 0 spiro atoms. The molecule has 142 valence electrons. The van der Waals surface area contributed by atoms with E-state index in [1.165, 1.54) is 0 Å². The molecule has 0 bridgehead atoms. The Kier molecular flexibility index (Phi) is 5.52. The topological polar surface area (TPSA) is 52.5 Å². The molecular weight excluding hydrogens is 428 g/mol. The molecule has 1 unspecified atom stereocenters. The third-order valence-electron chi connectivity index (χ3n) is 4.80. The second kappa shape index (κ2) is 8.04. The first-order valence-corrected chi connectivity index (χ1v) is 10.6. The molecule has 1 N–H and O–H groups in total. The summed E-state index contributed by atoms with van der Waals surface area (Å²) in [4.78, 5) is 12.9. The molecule has 0 saturated carbocycles. The number of amides is 1. The molecule has 1 saturated heterocycles. The van der Waals surface area contributed by atoms with E-state index in [-0.39, 0.29) is 12.0 Å². The van der Waals surface area contributed by atoms with Crippen LogP contribution in [-0.2, 0) is 11.3 Å². The average molecular weight is 449 g/mol. The molecule has 1 aliphatic rings. The molecule has 3 heterocycles. The molecule has 0 radical (unpaired) electrons. The van der Waals surface area contributed by atoms with Crippen LogP contribution in [0.1, 0.15) is 28.9 Å². The van der Waals surface area contributed by atoms with Crippen LogP contribution in [0.15, 0.2) is 40.2 Å². The molecule has 3 aromatic rings. The number of aromatic nitrogens is 1. The van der Waals surface area contributed by atoms with Crippen LogP contribution in [0.3, 0.4) is 0 Å². The summed E-state index contributed by atoms with van der Waals surface area (Å²) in [6, 6.07) is 9.90. The zero-order chi connectivity index (χ0) is 18.8. The molecule has 1 amide bonds. The van der Waals surface area contributed by atoms with Gasteiger partial charge >= 0.3 is 0 Å². The van der Waals surface area contributed by atoms with Crippen LogP contribution >= 0.6 is 27.3 Å². The smallest absolute Gasteiger partial charge is 0.268 e. The van der Waals surface area contributed by atoms with Gasteiger partial charge in [-0.2, -0.15) is 0 Å². The van der Waals surface area contributed by atoms with Gasteiger partial charge in [-0.25, -0.2) is 0 Å². The molecule has 0 aliphatic carbocycles. The molecule has 2 aromatic heterocycles. The Balaban J connectivity index is 1.63. The normalized spacial score (nSPS) is 16.7. The monoisotopic (exact) mass is 448 g/mol. The fourth-order valence-electron chi connectivity index (χ4n) is 3.44. The Labute approximate surface area is 170 Å². The van der Waals surface area contributed by atoms with E-state index in [9.17, 15) is 4.79 Å². The summed E-state index contributed by atoms with van der Waals surface area (Å²) < 4.78 is 15.1. The molecule has 1 atom stereocenters. The lowest BCUT2D eigenvalue weighted by atomic mass is 10.2. The van der Waals surface area contributed by atoms with Crippen molar-refractivity contribution in [3.05, 3.63) is 51.4 Å². The van der Waals surface area contributed by atoms with Gasteiger partial charge in [0.05, 0.1) is 27.9 Å². The lowest BCUT2D eigenvalue weighted by Crippen LogP contribution is -2.33. The van der Waals surface area contributed by atoms with E-state index in [0.717, 1.165) is 45.5 Å². The Morgan fingerprint density at radius 3 is 3.11 bits per heavy atom. The van der Waals surface area contributed by atoms with Gasteiger partial charge in [-0.05, 0) is 52.5 Å². The summed E-state index contributed by atoms with van der Waals surface area (Å²) in [6.45, 7) is 1.94. The van der Waals surface area contributed by atoms with Crippen molar-refractivity contribution in [1.82, 2.24) is 9.88 Å². The molecule has 1 aromatic carbocycles. The van der Waals surface area contributed by atoms with Gasteiger partial charge < -0.3 is 19.4 Å². The highest BCUT2D eigenvalue weighted by atomic mass is 79.9. The number of hydrogen-bond acceptors (Lipinski definition) is 4. The Bertz CT molecular complexity index is 959. The SMILES string of the molecule is COc1cccc(Cn2c(C(=O)NCC3CCCO3)cc3scc(Br)c32)c1. The van der Waals surface area contributed by atoms with E-state index in [0.29, 0.717) is 18.8 Å². The van der Waals surface area contributed by atoms with Crippen LogP contribution in [-0.4, -0.2) is 36.8 Å². The number of carbonyl (C=O) groups is 1. The van der Waals surface area contributed by atoms with Gasteiger partial charge in [-0.15, -0.1) is 11.3 Å². The number of halogens is 1. The van der Waals surface area contributed by atoms with Gasteiger partial charge in [-0.1, -0.05) is 12.1 Å². The van der Waals surface area contributed by atoms with Crippen LogP contribution in [0.2, 0.25) is 0 Å². The predicted octanol–water partition coefficient (Wildman–Crippen LogP) is 4.43. The predicted molar refractivity (Wildman–Crippen MR) is 111 cm³/mol. The van der Waals surface area contributed by atoms with Crippen molar-refractivity contribution in [1.29, 1.82) is 0 Å². The summed E-state index contributed by atoms with van der Waals surface area (Å²) >= 11 is 5.26. The standard InChI is InChI=1S/C20H21BrN2O3S/c1-25-14-5-2-4-13(8-14)11-23-17(9-18-19(23)16(21)12-27-18)20(24)22-10-15-6-3-7-26-15/h2,4-5,8-9,12,15H,3,6-7,10-11H2,1H3,(H,22,24). The van der Waals surface area contributed by atoms with E-state index < -0.39 is 0 Å². The summed E-state index contributed by atoms with van der Waals surface area (Å²) in [5.74, 6) is 0.744. The van der Waals surface area contributed by atoms with Crippen LogP contribution in [0.5, 0.6) is 5.75 Å². The highest BCUT2D eigenvalue weighted by molar-refractivity contribution is 9.10. The Morgan fingerprint density at radius 1 is 1.44 bits per heavy atom. The number of rotatable bonds is 6. The van der Waals surface area contributed by atoms with Crippen LogP contribution in [0, 0.1) is 0 Å². The van der Waals surface area contributed by atoms with E-state index in [1.807, 2.05) is 30.3 Å². The van der Waals surface area contributed by atoms with Crippen LogP contribution < -0.4 is 10.1 Å². The van der Waals surface area contributed by atoms with Gasteiger partial charge in [0, 0.05) is 25.1 Å². The molecule has 27 heavy (non-hydrogen) atoms. The first-order chi connectivity index (χ1) is 13.2. The number of carbonyl (C=O) groups excluding carboxylic acids is 1. The first-order valence-electron chi connectivity index (χ1n) is 8.94. The maximum Gasteiger partial charge on any atom is 0.268 e. The van der Waals surface area contributed by atoms with Crippen molar-refractivity contribution >= 4 is 43.4 Å². The summed E-state index contributed by atoms with van der Waals surface area (Å²) in [6.07, 6.45) is 2.20. The van der Waals surface area contributed by atoms with Crippen molar-refractivity contribution in [3.63, 3.8) is 0 Å². The maximum absolute atomic E-state index is 12.9. The van der Waals surface area contributed by atoms with Gasteiger partial charge in [0.25, 0.3) is 5.91 Å². The lowest BCUT2D eigenvalue weighted by molar-refractivity contribution is 0.0851. The summed E-state index contributed by atoms with van der Waals surface area (Å²) in [5.41, 5.74) is 2.79. The third kappa shape index (κ3) is 3.90. The number of nitrogens with one attached hydrogen (secondary N) is 1. The van der Waals surface area contributed by atoms with Crippen molar-refractivity contribution < 1.29 is 14.3 Å². The Hall–Kier alpha value is -1.83. The van der Waals surface area contributed by atoms with Crippen molar-refractivity contribution in [2.75, 3.05) is 20.3 Å². The number of benzene rings is 1. The minimum Gasteiger partial charge on any atom is -0.497 e. The van der Waals surface area contributed by atoms with Gasteiger partial charge in [-0.3, -0.25) is 4.79 Å². The highest BCUT2D eigenvalue weighted by Crippen LogP contribution is 2.34. The highest BCUT2D eigenvalue weighted by Gasteiger charge is 2.21. The average Bonchev–Trinajstić information content (AvgIpc) is 3.40. The van der Waals surface area contributed by atoms with E-state index in [1.54, 1.807) is 18.4 Å². The molecule has 4 rings (SSSR count). The first kappa shape index (κ1) is 18.5. The summed E-state index contributed by atoms with van der Waals surface area (Å²) in [5, 5.41) is 5.10. The van der Waals surface area contributed by atoms with Crippen molar-refractivity contribution in [2.45, 2.75) is 25.5 Å². The number of methoxy groups -OCH3 is 1. The number of nitrogens with zero attached hydrogens (tertiary/aromatic N) is 1. The maximum atomic E-state index is 12.9. The van der Waals surface area contributed by atoms with Crippen LogP contribution in [0.25, 0.3) is 10.2 Å². The zero-order valence-electron chi connectivity index (χ0n) is 15.0. The van der Waals surface area contributed by atoms with Crippen molar-refractivity contribution in [2.24, 2.45) is 0 Å². The second-order valence-corrected chi connectivity index (χ2v) is 8.37. The molecule has 5 nitrogen and oxygen atoms in total.